The summed E-state index contributed by atoms with van der Waals surface area (Å²) >= 11 is 0. The van der Waals surface area contributed by atoms with Crippen molar-refractivity contribution in [1.82, 2.24) is 10.2 Å². The Morgan fingerprint density at radius 3 is 2.10 bits per heavy atom. The van der Waals surface area contributed by atoms with Gasteiger partial charge in [0.1, 0.15) is 0 Å². The van der Waals surface area contributed by atoms with Crippen molar-refractivity contribution in [2.24, 2.45) is 5.92 Å². The van der Waals surface area contributed by atoms with Crippen molar-refractivity contribution in [2.75, 3.05) is 18.4 Å². The van der Waals surface area contributed by atoms with Gasteiger partial charge in [-0.25, -0.2) is 4.79 Å². The zero-order chi connectivity index (χ0) is 20.8. The lowest BCUT2D eigenvalue weighted by Crippen LogP contribution is -2.40. The van der Waals surface area contributed by atoms with Crippen LogP contribution < -0.4 is 10.6 Å². The first-order valence-electron chi connectivity index (χ1n) is 10.00. The number of amides is 3. The quantitative estimate of drug-likeness (QED) is 0.755. The van der Waals surface area contributed by atoms with Gasteiger partial charge in [0.05, 0.1) is 0 Å². The molecule has 2 aromatic carbocycles. The Kier molecular flexibility index (Phi) is 6.65. The Morgan fingerprint density at radius 1 is 0.897 bits per heavy atom. The van der Waals surface area contributed by atoms with Gasteiger partial charge >= 0.3 is 6.03 Å². The lowest BCUT2D eigenvalue weighted by molar-refractivity contribution is 0.0650. The molecule has 0 unspecified atom stereocenters. The van der Waals surface area contributed by atoms with E-state index in [-0.39, 0.29) is 29.7 Å². The van der Waals surface area contributed by atoms with E-state index < -0.39 is 0 Å². The summed E-state index contributed by atoms with van der Waals surface area (Å²) in [7, 11) is 0. The normalized spacial score (nSPS) is 14.5. The number of anilines is 1. The van der Waals surface area contributed by atoms with Crippen molar-refractivity contribution in [1.29, 1.82) is 0 Å². The molecule has 1 heterocycles. The molecule has 6 nitrogen and oxygen atoms in total. The van der Waals surface area contributed by atoms with E-state index in [0.717, 1.165) is 5.56 Å². The number of piperidine rings is 1. The fourth-order valence-corrected chi connectivity index (χ4v) is 3.49. The van der Waals surface area contributed by atoms with Crippen molar-refractivity contribution in [3.63, 3.8) is 0 Å². The van der Waals surface area contributed by atoms with Gasteiger partial charge in [-0.1, -0.05) is 30.3 Å². The summed E-state index contributed by atoms with van der Waals surface area (Å²) in [5, 5.41) is 5.49. The van der Waals surface area contributed by atoms with E-state index in [2.05, 4.69) is 10.6 Å². The van der Waals surface area contributed by atoms with Crippen LogP contribution >= 0.6 is 0 Å². The average Bonchev–Trinajstić information content (AvgIpc) is 2.73. The summed E-state index contributed by atoms with van der Waals surface area (Å²) in [6, 6.07) is 16.0. The van der Waals surface area contributed by atoms with Gasteiger partial charge in [0.15, 0.2) is 5.78 Å². The summed E-state index contributed by atoms with van der Waals surface area (Å²) in [5.41, 5.74) is 1.95. The van der Waals surface area contributed by atoms with Gasteiger partial charge in [-0.05, 0) is 51.0 Å². The van der Waals surface area contributed by atoms with E-state index in [4.69, 9.17) is 0 Å². The number of nitrogens with one attached hydrogen (secondary N) is 2. The molecule has 0 bridgehead atoms. The number of carbonyl (C=O) groups is 3. The number of carbonyl (C=O) groups excluding carboxylic acids is 3. The summed E-state index contributed by atoms with van der Waals surface area (Å²) in [4.78, 5) is 38.9. The summed E-state index contributed by atoms with van der Waals surface area (Å²) in [6.07, 6.45) is 1.35. The van der Waals surface area contributed by atoms with Crippen molar-refractivity contribution in [3.05, 3.63) is 65.7 Å². The molecule has 29 heavy (non-hydrogen) atoms. The SMILES string of the molecule is CC(C)NC(=O)Nc1ccc(C(=O)N2CCC(C(=O)c3ccccc3)CC2)cc1. The molecule has 0 aromatic heterocycles. The highest BCUT2D eigenvalue weighted by Gasteiger charge is 2.28. The molecule has 1 fully saturated rings. The van der Waals surface area contributed by atoms with Crippen molar-refractivity contribution < 1.29 is 14.4 Å². The minimum absolute atomic E-state index is 0.0347. The Balaban J connectivity index is 1.54. The molecule has 1 aliphatic rings. The molecular weight excluding hydrogens is 366 g/mol. The fraction of sp³-hybridized carbons (Fsp3) is 0.348. The summed E-state index contributed by atoms with van der Waals surface area (Å²) in [6.45, 7) is 4.91. The second-order valence-electron chi connectivity index (χ2n) is 7.63. The van der Waals surface area contributed by atoms with Gasteiger partial charge in [0.2, 0.25) is 0 Å². The number of Topliss-reactive ketones (excluding diaryl/α,β-unsaturated/α-hetero) is 1. The standard InChI is InChI=1S/C23H27N3O3/c1-16(2)24-23(29)25-20-10-8-19(9-11-20)22(28)26-14-12-18(13-15-26)21(27)17-6-4-3-5-7-17/h3-11,16,18H,12-15H2,1-2H3,(H2,24,25,29). The van der Waals surface area contributed by atoms with E-state index in [0.29, 0.717) is 37.2 Å². The number of hydrogen-bond donors (Lipinski definition) is 2. The van der Waals surface area contributed by atoms with Crippen molar-refractivity contribution in [2.45, 2.75) is 32.7 Å². The Labute approximate surface area is 171 Å². The maximum Gasteiger partial charge on any atom is 0.319 e. The molecule has 6 heteroatoms. The molecule has 3 amide bonds. The predicted octanol–water partition coefficient (Wildman–Crippen LogP) is 3.95. The largest absolute Gasteiger partial charge is 0.339 e. The maximum absolute atomic E-state index is 12.8. The third-order valence-corrected chi connectivity index (χ3v) is 5.02. The number of rotatable bonds is 5. The van der Waals surface area contributed by atoms with Crippen LogP contribution in [0.2, 0.25) is 0 Å². The van der Waals surface area contributed by atoms with Crippen LogP contribution in [0.15, 0.2) is 54.6 Å². The highest BCUT2D eigenvalue weighted by atomic mass is 16.2. The zero-order valence-corrected chi connectivity index (χ0v) is 16.9. The third kappa shape index (κ3) is 5.44. The van der Waals surface area contributed by atoms with E-state index >= 15 is 0 Å². The van der Waals surface area contributed by atoms with Gasteiger partial charge in [0, 0.05) is 41.9 Å². The van der Waals surface area contributed by atoms with Crippen LogP contribution in [0, 0.1) is 5.92 Å². The first-order chi connectivity index (χ1) is 13.9. The van der Waals surface area contributed by atoms with Crippen LogP contribution in [-0.2, 0) is 0 Å². The smallest absolute Gasteiger partial charge is 0.319 e. The van der Waals surface area contributed by atoms with Crippen LogP contribution in [0.25, 0.3) is 0 Å². The van der Waals surface area contributed by atoms with Gasteiger partial charge in [0.25, 0.3) is 5.91 Å². The highest BCUT2D eigenvalue weighted by Crippen LogP contribution is 2.23. The Morgan fingerprint density at radius 2 is 1.52 bits per heavy atom. The van der Waals surface area contributed by atoms with Crippen LogP contribution in [0.1, 0.15) is 47.4 Å². The predicted molar refractivity (Wildman–Crippen MR) is 113 cm³/mol. The van der Waals surface area contributed by atoms with E-state index in [9.17, 15) is 14.4 Å². The third-order valence-electron chi connectivity index (χ3n) is 5.02. The molecule has 0 aliphatic carbocycles. The molecule has 0 saturated carbocycles. The topological polar surface area (TPSA) is 78.5 Å². The van der Waals surface area contributed by atoms with Crippen molar-refractivity contribution in [3.8, 4) is 0 Å². The van der Waals surface area contributed by atoms with Gasteiger partial charge < -0.3 is 15.5 Å². The number of urea groups is 1. The first kappa shape index (κ1) is 20.6. The molecular formula is C23H27N3O3. The molecule has 1 saturated heterocycles. The minimum Gasteiger partial charge on any atom is -0.339 e. The van der Waals surface area contributed by atoms with Gasteiger partial charge in [-0.3, -0.25) is 9.59 Å². The lowest BCUT2D eigenvalue weighted by atomic mass is 9.88. The van der Waals surface area contributed by atoms with E-state index in [1.807, 2.05) is 44.2 Å². The molecule has 2 N–H and O–H groups in total. The molecule has 0 spiro atoms. The first-order valence-corrected chi connectivity index (χ1v) is 10.00. The molecule has 0 atom stereocenters. The molecule has 1 aliphatic heterocycles. The van der Waals surface area contributed by atoms with Gasteiger partial charge in [-0.2, -0.15) is 0 Å². The van der Waals surface area contributed by atoms with Crippen LogP contribution in [0.4, 0.5) is 10.5 Å². The molecule has 152 valence electrons. The maximum atomic E-state index is 12.8. The monoisotopic (exact) mass is 393 g/mol. The summed E-state index contributed by atoms with van der Waals surface area (Å²) < 4.78 is 0. The lowest BCUT2D eigenvalue weighted by Gasteiger charge is -2.31. The van der Waals surface area contributed by atoms with E-state index in [1.165, 1.54) is 0 Å². The van der Waals surface area contributed by atoms with Crippen LogP contribution in [0.3, 0.4) is 0 Å². The average molecular weight is 393 g/mol. The number of ketones is 1. The summed E-state index contributed by atoms with van der Waals surface area (Å²) in [5.74, 6) is 0.0779. The molecule has 3 rings (SSSR count). The highest BCUT2D eigenvalue weighted by molar-refractivity contribution is 5.98. The fourth-order valence-electron chi connectivity index (χ4n) is 3.49. The minimum atomic E-state index is -0.274. The second kappa shape index (κ2) is 9.37. The van der Waals surface area contributed by atoms with Crippen molar-refractivity contribution >= 4 is 23.4 Å². The molecule has 2 aromatic rings. The number of hydrogen-bond acceptors (Lipinski definition) is 3. The number of benzene rings is 2. The Hall–Kier alpha value is -3.15. The number of nitrogens with zero attached hydrogens (tertiary/aromatic N) is 1. The van der Waals surface area contributed by atoms with E-state index in [1.54, 1.807) is 29.2 Å². The van der Waals surface area contributed by atoms with Crippen LogP contribution in [-0.4, -0.2) is 41.8 Å². The number of likely N-dealkylation sites (tertiary alicyclic amines) is 1. The Bertz CT molecular complexity index is 855. The second-order valence-corrected chi connectivity index (χ2v) is 7.63. The van der Waals surface area contributed by atoms with Crippen LogP contribution in [0.5, 0.6) is 0 Å². The molecule has 0 radical (unpaired) electrons. The zero-order valence-electron chi connectivity index (χ0n) is 16.9. The van der Waals surface area contributed by atoms with Gasteiger partial charge in [-0.15, -0.1) is 0 Å².